The van der Waals surface area contributed by atoms with Crippen molar-refractivity contribution in [1.29, 1.82) is 0 Å². The number of pyridine rings is 1. The molecule has 0 aliphatic rings. The van der Waals surface area contributed by atoms with Crippen LogP contribution in [-0.2, 0) is 31.4 Å². The summed E-state index contributed by atoms with van der Waals surface area (Å²) < 4.78 is 20.3. The number of nitrogens with zero attached hydrogens (tertiary/aromatic N) is 1. The molecule has 0 bridgehead atoms. The highest BCUT2D eigenvalue weighted by molar-refractivity contribution is 5.78. The van der Waals surface area contributed by atoms with E-state index in [1.807, 2.05) is 30.3 Å². The zero-order chi connectivity index (χ0) is 19.9. The van der Waals surface area contributed by atoms with E-state index in [4.69, 9.17) is 4.74 Å². The van der Waals surface area contributed by atoms with Crippen LogP contribution in [-0.4, -0.2) is 10.5 Å². The molecule has 0 saturated heterocycles. The van der Waals surface area contributed by atoms with Crippen molar-refractivity contribution in [2.45, 2.75) is 19.6 Å². The normalized spacial score (nSPS) is 10.5. The third-order valence-corrected chi connectivity index (χ3v) is 4.29. The Balaban J connectivity index is 1.58. The summed E-state index contributed by atoms with van der Waals surface area (Å²) in [5.41, 5.74) is 2.11. The van der Waals surface area contributed by atoms with Crippen molar-refractivity contribution in [3.8, 4) is 5.75 Å². The highest BCUT2D eigenvalue weighted by atomic mass is 19.1. The largest absolute Gasteiger partial charge is 0.483 e. The molecular formula is C22H21FN2O3. The van der Waals surface area contributed by atoms with Crippen LogP contribution in [0.2, 0.25) is 0 Å². The van der Waals surface area contributed by atoms with Crippen LogP contribution in [0, 0.1) is 5.82 Å². The Labute approximate surface area is 162 Å². The van der Waals surface area contributed by atoms with Crippen LogP contribution >= 0.6 is 0 Å². The van der Waals surface area contributed by atoms with Gasteiger partial charge in [0.05, 0.1) is 19.2 Å². The van der Waals surface area contributed by atoms with Crippen LogP contribution in [0.4, 0.5) is 4.39 Å². The van der Waals surface area contributed by atoms with Gasteiger partial charge in [-0.2, -0.15) is 0 Å². The number of halogens is 1. The second kappa shape index (κ2) is 8.99. The predicted octanol–water partition coefficient (Wildman–Crippen LogP) is 2.96. The van der Waals surface area contributed by atoms with E-state index < -0.39 is 0 Å². The molecular weight excluding hydrogens is 359 g/mol. The molecule has 28 heavy (non-hydrogen) atoms. The molecule has 0 saturated carbocycles. The SMILES string of the molecule is Cn1cc(OCc2ccccc2)c(=O)cc1CNC(=O)Cc1ccc(F)cc1. The first-order chi connectivity index (χ1) is 13.5. The Morgan fingerprint density at radius 1 is 1.07 bits per heavy atom. The summed E-state index contributed by atoms with van der Waals surface area (Å²) in [5.74, 6) is -0.287. The molecule has 6 heteroatoms. The number of carbonyl (C=O) groups excluding carboxylic acids is 1. The maximum Gasteiger partial charge on any atom is 0.224 e. The van der Waals surface area contributed by atoms with Crippen molar-refractivity contribution >= 4 is 5.91 Å². The first-order valence-electron chi connectivity index (χ1n) is 8.88. The number of amides is 1. The van der Waals surface area contributed by atoms with Gasteiger partial charge in [0.1, 0.15) is 12.4 Å². The third kappa shape index (κ3) is 5.30. The van der Waals surface area contributed by atoms with Gasteiger partial charge in [-0.1, -0.05) is 42.5 Å². The summed E-state index contributed by atoms with van der Waals surface area (Å²) in [5, 5.41) is 2.77. The van der Waals surface area contributed by atoms with Crippen LogP contribution in [0.3, 0.4) is 0 Å². The molecule has 5 nitrogen and oxygen atoms in total. The number of carbonyl (C=O) groups is 1. The van der Waals surface area contributed by atoms with Gasteiger partial charge in [-0.25, -0.2) is 4.39 Å². The monoisotopic (exact) mass is 380 g/mol. The van der Waals surface area contributed by atoms with Crippen molar-refractivity contribution in [1.82, 2.24) is 9.88 Å². The molecule has 0 radical (unpaired) electrons. The van der Waals surface area contributed by atoms with Crippen molar-refractivity contribution < 1.29 is 13.9 Å². The molecule has 0 unspecified atom stereocenters. The maximum atomic E-state index is 12.9. The van der Waals surface area contributed by atoms with E-state index in [1.165, 1.54) is 18.2 Å². The second-order valence-corrected chi connectivity index (χ2v) is 6.46. The minimum Gasteiger partial charge on any atom is -0.483 e. The van der Waals surface area contributed by atoms with Gasteiger partial charge in [0, 0.05) is 18.8 Å². The highest BCUT2D eigenvalue weighted by Crippen LogP contribution is 2.09. The quantitative estimate of drug-likeness (QED) is 0.686. The minimum absolute atomic E-state index is 0.145. The van der Waals surface area contributed by atoms with Gasteiger partial charge in [0.25, 0.3) is 0 Å². The van der Waals surface area contributed by atoms with Crippen LogP contribution in [0.25, 0.3) is 0 Å². The van der Waals surface area contributed by atoms with E-state index in [9.17, 15) is 14.0 Å². The van der Waals surface area contributed by atoms with Crippen LogP contribution in [0.15, 0.2) is 71.7 Å². The first kappa shape index (κ1) is 19.4. The molecule has 1 aromatic heterocycles. The van der Waals surface area contributed by atoms with Crippen molar-refractivity contribution in [2.75, 3.05) is 0 Å². The van der Waals surface area contributed by atoms with E-state index in [0.717, 1.165) is 11.1 Å². The van der Waals surface area contributed by atoms with Gasteiger partial charge in [-0.15, -0.1) is 0 Å². The molecule has 0 aliphatic carbocycles. The Hall–Kier alpha value is -3.41. The number of aryl methyl sites for hydroxylation is 1. The number of rotatable bonds is 7. The predicted molar refractivity (Wildman–Crippen MR) is 104 cm³/mol. The zero-order valence-electron chi connectivity index (χ0n) is 15.5. The molecule has 3 rings (SSSR count). The molecule has 0 spiro atoms. The lowest BCUT2D eigenvalue weighted by Crippen LogP contribution is -2.27. The number of aromatic nitrogens is 1. The van der Waals surface area contributed by atoms with E-state index in [0.29, 0.717) is 12.3 Å². The minimum atomic E-state index is -0.339. The topological polar surface area (TPSA) is 60.3 Å². The standard InChI is InChI=1S/C22H21FN2O3/c1-25-14-21(28-15-17-5-3-2-4-6-17)20(26)12-19(25)13-24-22(27)11-16-7-9-18(23)10-8-16/h2-10,12,14H,11,13,15H2,1H3,(H,24,27). The number of benzene rings is 2. The fraction of sp³-hybridized carbons (Fsp3) is 0.182. The van der Waals surface area contributed by atoms with Crippen LogP contribution in [0.5, 0.6) is 5.75 Å². The summed E-state index contributed by atoms with van der Waals surface area (Å²) in [6.45, 7) is 0.522. The Morgan fingerprint density at radius 3 is 2.50 bits per heavy atom. The molecule has 1 N–H and O–H groups in total. The summed E-state index contributed by atoms with van der Waals surface area (Å²) in [7, 11) is 1.79. The average molecular weight is 380 g/mol. The van der Waals surface area contributed by atoms with Gasteiger partial charge in [0.15, 0.2) is 5.75 Å². The lowest BCUT2D eigenvalue weighted by Gasteiger charge is -2.13. The lowest BCUT2D eigenvalue weighted by atomic mass is 10.1. The van der Waals surface area contributed by atoms with Gasteiger partial charge >= 0.3 is 0 Å². The lowest BCUT2D eigenvalue weighted by molar-refractivity contribution is -0.120. The number of hydrogen-bond acceptors (Lipinski definition) is 3. The van der Waals surface area contributed by atoms with E-state index in [2.05, 4.69) is 5.32 Å². The zero-order valence-corrected chi connectivity index (χ0v) is 15.5. The fourth-order valence-electron chi connectivity index (χ4n) is 2.71. The van der Waals surface area contributed by atoms with Gasteiger partial charge in [-0.05, 0) is 23.3 Å². The van der Waals surface area contributed by atoms with E-state index in [1.54, 1.807) is 29.9 Å². The average Bonchev–Trinajstić information content (AvgIpc) is 2.70. The second-order valence-electron chi connectivity index (χ2n) is 6.46. The summed E-state index contributed by atoms with van der Waals surface area (Å²) in [6.07, 6.45) is 1.76. The molecule has 0 atom stereocenters. The fourth-order valence-corrected chi connectivity index (χ4v) is 2.71. The van der Waals surface area contributed by atoms with Crippen molar-refractivity contribution in [3.05, 3.63) is 99.7 Å². The van der Waals surface area contributed by atoms with Gasteiger partial charge < -0.3 is 14.6 Å². The van der Waals surface area contributed by atoms with Crippen LogP contribution in [0.1, 0.15) is 16.8 Å². The Morgan fingerprint density at radius 2 is 1.79 bits per heavy atom. The first-order valence-corrected chi connectivity index (χ1v) is 8.88. The summed E-state index contributed by atoms with van der Waals surface area (Å²) >= 11 is 0. The maximum absolute atomic E-state index is 12.9. The van der Waals surface area contributed by atoms with Gasteiger partial charge in [0.2, 0.25) is 11.3 Å². The summed E-state index contributed by atoms with van der Waals surface area (Å²) in [4.78, 5) is 24.4. The number of nitrogens with one attached hydrogen (secondary N) is 1. The molecule has 0 aliphatic heterocycles. The van der Waals surface area contributed by atoms with Crippen molar-refractivity contribution in [2.24, 2.45) is 7.05 Å². The third-order valence-electron chi connectivity index (χ3n) is 4.29. The van der Waals surface area contributed by atoms with Crippen LogP contribution < -0.4 is 15.5 Å². The number of hydrogen-bond donors (Lipinski definition) is 1. The molecule has 0 fully saturated rings. The molecule has 144 valence electrons. The Bertz CT molecular complexity index is 999. The smallest absolute Gasteiger partial charge is 0.224 e. The van der Waals surface area contributed by atoms with Crippen molar-refractivity contribution in [3.63, 3.8) is 0 Å². The van der Waals surface area contributed by atoms with Gasteiger partial charge in [-0.3, -0.25) is 9.59 Å². The molecule has 1 heterocycles. The summed E-state index contributed by atoms with van der Waals surface area (Å²) in [6, 6.07) is 16.8. The highest BCUT2D eigenvalue weighted by Gasteiger charge is 2.09. The van der Waals surface area contributed by atoms with E-state index in [-0.39, 0.29) is 35.9 Å². The molecule has 2 aromatic carbocycles. The van der Waals surface area contributed by atoms with E-state index >= 15 is 0 Å². The number of ether oxygens (including phenoxy) is 1. The Kier molecular flexibility index (Phi) is 6.22. The molecule has 3 aromatic rings. The molecule has 1 amide bonds.